The van der Waals surface area contributed by atoms with E-state index < -0.39 is 5.38 Å². The summed E-state index contributed by atoms with van der Waals surface area (Å²) in [5, 5.41) is 3.16. The van der Waals surface area contributed by atoms with E-state index >= 15 is 0 Å². The van der Waals surface area contributed by atoms with Crippen LogP contribution in [0.2, 0.25) is 0 Å². The maximum Gasteiger partial charge on any atom is 0.322 e. The number of fused-ring (bicyclic) bond motifs is 1. The number of aromatic amines is 1. The minimum Gasteiger partial charge on any atom is -0.497 e. The van der Waals surface area contributed by atoms with Crippen molar-refractivity contribution in [2.45, 2.75) is 18.3 Å². The Morgan fingerprint density at radius 2 is 2.04 bits per heavy atom. The van der Waals surface area contributed by atoms with Crippen LogP contribution in [0, 0.1) is 0 Å². The van der Waals surface area contributed by atoms with Gasteiger partial charge in [0, 0.05) is 18.9 Å². The van der Waals surface area contributed by atoms with Crippen molar-refractivity contribution in [3.05, 3.63) is 64.2 Å². The molecule has 2 amide bonds. The molecule has 0 bridgehead atoms. The zero-order chi connectivity index (χ0) is 20.4. The van der Waals surface area contributed by atoms with Crippen LogP contribution in [0.25, 0.3) is 10.8 Å². The Labute approximate surface area is 166 Å². The summed E-state index contributed by atoms with van der Waals surface area (Å²) in [6, 6.07) is 4.54. The second-order valence-electron chi connectivity index (χ2n) is 6.46. The lowest BCUT2D eigenvalue weighted by Crippen LogP contribution is -2.39. The first-order chi connectivity index (χ1) is 13.3. The third-order valence-corrected chi connectivity index (χ3v) is 5.11. The molecule has 2 unspecified atom stereocenters. The van der Waals surface area contributed by atoms with Gasteiger partial charge in [-0.25, -0.2) is 4.79 Å². The molecule has 0 radical (unpaired) electrons. The Morgan fingerprint density at radius 3 is 2.71 bits per heavy atom. The van der Waals surface area contributed by atoms with E-state index in [1.54, 1.807) is 31.4 Å². The summed E-state index contributed by atoms with van der Waals surface area (Å²) >= 11 is 5.90. The summed E-state index contributed by atoms with van der Waals surface area (Å²) in [4.78, 5) is 40.5. The highest BCUT2D eigenvalue weighted by Gasteiger charge is 2.22. The number of hydrogen-bond donors (Lipinski definition) is 2. The van der Waals surface area contributed by atoms with E-state index in [-0.39, 0.29) is 23.4 Å². The van der Waals surface area contributed by atoms with E-state index in [1.807, 2.05) is 6.92 Å². The van der Waals surface area contributed by atoms with Crippen LogP contribution in [0.1, 0.15) is 18.5 Å². The fraction of sp³-hybridized carbons (Fsp3) is 0.250. The van der Waals surface area contributed by atoms with E-state index in [9.17, 15) is 14.4 Å². The fourth-order valence-corrected chi connectivity index (χ4v) is 3.18. The Hall–Kier alpha value is -3.06. The number of nitrogens with zero attached hydrogens (tertiary/aromatic N) is 1. The van der Waals surface area contributed by atoms with E-state index in [4.69, 9.17) is 16.3 Å². The molecule has 1 aliphatic carbocycles. The number of carbonyl (C=O) groups is 2. The number of rotatable bonds is 4. The van der Waals surface area contributed by atoms with Gasteiger partial charge in [0.15, 0.2) is 5.78 Å². The summed E-state index contributed by atoms with van der Waals surface area (Å²) in [7, 11) is 3.18. The second kappa shape index (κ2) is 7.90. The maximum absolute atomic E-state index is 12.6. The molecule has 0 spiro atoms. The molecule has 1 aromatic heterocycles. The summed E-state index contributed by atoms with van der Waals surface area (Å²) in [6.07, 6.45) is 5.94. The number of nitrogens with one attached hydrogen (secondary N) is 2. The van der Waals surface area contributed by atoms with E-state index in [0.717, 1.165) is 10.9 Å². The number of ketones is 1. The van der Waals surface area contributed by atoms with Gasteiger partial charge in [0.2, 0.25) is 0 Å². The van der Waals surface area contributed by atoms with Gasteiger partial charge >= 0.3 is 6.03 Å². The Kier molecular flexibility index (Phi) is 5.56. The molecule has 28 heavy (non-hydrogen) atoms. The number of allylic oxidation sites excluding steroid dienone is 3. The van der Waals surface area contributed by atoms with E-state index in [0.29, 0.717) is 16.8 Å². The number of amides is 2. The number of halogens is 1. The zero-order valence-electron chi connectivity index (χ0n) is 15.7. The normalized spacial score (nSPS) is 17.2. The minimum absolute atomic E-state index is 0.225. The molecule has 7 nitrogen and oxygen atoms in total. The number of methoxy groups -OCH3 is 1. The van der Waals surface area contributed by atoms with Crippen LogP contribution in [0.3, 0.4) is 0 Å². The molecular formula is C20H20ClN3O4. The van der Waals surface area contributed by atoms with Crippen LogP contribution >= 0.6 is 11.6 Å². The number of carbonyl (C=O) groups excluding carboxylic acids is 2. The highest BCUT2D eigenvalue weighted by molar-refractivity contribution is 6.34. The molecule has 1 aromatic carbocycles. The molecule has 146 valence electrons. The highest BCUT2D eigenvalue weighted by atomic mass is 35.5. The first-order valence-electron chi connectivity index (χ1n) is 8.62. The van der Waals surface area contributed by atoms with Gasteiger partial charge in [0.25, 0.3) is 5.56 Å². The molecule has 0 aliphatic heterocycles. The number of hydrogen-bond acceptors (Lipinski definition) is 4. The smallest absolute Gasteiger partial charge is 0.322 e. The van der Waals surface area contributed by atoms with Crippen molar-refractivity contribution in [2.24, 2.45) is 0 Å². The lowest BCUT2D eigenvalue weighted by molar-refractivity contribution is -0.113. The minimum atomic E-state index is -0.791. The predicted octanol–water partition coefficient (Wildman–Crippen LogP) is 2.87. The number of H-pyrrole nitrogens is 1. The van der Waals surface area contributed by atoms with Gasteiger partial charge in [-0.3, -0.25) is 9.59 Å². The molecule has 1 heterocycles. The van der Waals surface area contributed by atoms with Crippen LogP contribution in [0.15, 0.2) is 53.1 Å². The number of benzene rings is 1. The van der Waals surface area contributed by atoms with Crippen LogP contribution in [-0.2, 0) is 4.79 Å². The molecule has 2 N–H and O–H groups in total. The van der Waals surface area contributed by atoms with Crippen molar-refractivity contribution in [3.8, 4) is 5.75 Å². The number of urea groups is 1. The predicted molar refractivity (Wildman–Crippen MR) is 108 cm³/mol. The number of pyridine rings is 1. The second-order valence-corrected chi connectivity index (χ2v) is 6.93. The maximum atomic E-state index is 12.6. The van der Waals surface area contributed by atoms with Crippen LogP contribution in [0.5, 0.6) is 5.75 Å². The average Bonchev–Trinajstić information content (AvgIpc) is 2.69. The molecule has 1 aliphatic rings. The molecule has 0 fully saturated rings. The Balaban J connectivity index is 1.86. The average molecular weight is 402 g/mol. The summed E-state index contributed by atoms with van der Waals surface area (Å²) in [6.45, 7) is 1.86. The molecule has 0 saturated carbocycles. The Bertz CT molecular complexity index is 1060. The van der Waals surface area contributed by atoms with Gasteiger partial charge in [0.05, 0.1) is 18.5 Å². The topological polar surface area (TPSA) is 91.5 Å². The number of ether oxygens (including phenoxy) is 1. The van der Waals surface area contributed by atoms with Gasteiger partial charge in [-0.1, -0.05) is 6.07 Å². The first-order valence-corrected chi connectivity index (χ1v) is 9.06. The standard InChI is InChI=1S/C20H20ClN3O4/c1-11(24(2)20(27)23-12-4-7-18(25)17(21)8-12)16-10-22-19(26)15-9-13(28-3)5-6-14(15)16/h4-11,17H,1-3H3,(H,22,26)(H,23,27). The summed E-state index contributed by atoms with van der Waals surface area (Å²) in [5.74, 6) is 0.353. The molecule has 8 heteroatoms. The van der Waals surface area contributed by atoms with Gasteiger partial charge in [-0.15, -0.1) is 11.6 Å². The van der Waals surface area contributed by atoms with Gasteiger partial charge in [0.1, 0.15) is 11.1 Å². The Morgan fingerprint density at radius 1 is 1.29 bits per heavy atom. The monoisotopic (exact) mass is 401 g/mol. The molecule has 3 rings (SSSR count). The molecule has 2 atom stereocenters. The number of alkyl halides is 1. The SMILES string of the molecule is COc1ccc2c(C(C)N(C)C(=O)NC3=CC(Cl)C(=O)C=C3)c[nH]c(=O)c2c1. The third kappa shape index (κ3) is 3.80. The zero-order valence-corrected chi connectivity index (χ0v) is 16.4. The van der Waals surface area contributed by atoms with Gasteiger partial charge in [-0.05, 0) is 48.2 Å². The molecule has 2 aromatic rings. The highest BCUT2D eigenvalue weighted by Crippen LogP contribution is 2.27. The lowest BCUT2D eigenvalue weighted by atomic mass is 10.0. The van der Waals surface area contributed by atoms with Crippen LogP contribution in [-0.4, -0.2) is 41.2 Å². The van der Waals surface area contributed by atoms with Crippen molar-refractivity contribution >= 4 is 34.2 Å². The van der Waals surface area contributed by atoms with E-state index in [1.165, 1.54) is 30.2 Å². The van der Waals surface area contributed by atoms with Gasteiger partial charge < -0.3 is 19.9 Å². The number of aromatic nitrogens is 1. The van der Waals surface area contributed by atoms with Crippen LogP contribution < -0.4 is 15.6 Å². The fourth-order valence-electron chi connectivity index (χ4n) is 2.97. The van der Waals surface area contributed by atoms with Crippen molar-refractivity contribution in [2.75, 3.05) is 14.2 Å². The van der Waals surface area contributed by atoms with Crippen LogP contribution in [0.4, 0.5) is 4.79 Å². The van der Waals surface area contributed by atoms with Crippen molar-refractivity contribution in [1.29, 1.82) is 0 Å². The molecular weight excluding hydrogens is 382 g/mol. The van der Waals surface area contributed by atoms with E-state index in [2.05, 4.69) is 10.3 Å². The van der Waals surface area contributed by atoms with Gasteiger partial charge in [-0.2, -0.15) is 0 Å². The van der Waals surface area contributed by atoms with Crippen molar-refractivity contribution in [3.63, 3.8) is 0 Å². The largest absolute Gasteiger partial charge is 0.497 e. The first kappa shape index (κ1) is 19.7. The molecule has 0 saturated heterocycles. The lowest BCUT2D eigenvalue weighted by Gasteiger charge is -2.27. The third-order valence-electron chi connectivity index (χ3n) is 4.77. The van der Waals surface area contributed by atoms with Crippen molar-refractivity contribution < 1.29 is 14.3 Å². The summed E-state index contributed by atoms with van der Waals surface area (Å²) < 4.78 is 5.19. The quantitative estimate of drug-likeness (QED) is 0.770. The van der Waals surface area contributed by atoms with Crippen molar-refractivity contribution in [1.82, 2.24) is 15.2 Å². The summed E-state index contributed by atoms with van der Waals surface area (Å²) in [5.41, 5.74) is 1.01.